The fourth-order valence-corrected chi connectivity index (χ4v) is 3.53. The molecule has 4 heteroatoms. The number of likely N-dealkylation sites (tertiary alicyclic amines) is 1. The molecule has 1 aliphatic carbocycles. The summed E-state index contributed by atoms with van der Waals surface area (Å²) in [5.74, 6) is 1.91. The molecule has 1 heterocycles. The van der Waals surface area contributed by atoms with Crippen molar-refractivity contribution in [1.29, 1.82) is 0 Å². The highest BCUT2D eigenvalue weighted by atomic mass is 16.5. The Bertz CT molecular complexity index is 523. The van der Waals surface area contributed by atoms with Crippen molar-refractivity contribution < 1.29 is 9.53 Å². The minimum atomic E-state index is 0.230. The van der Waals surface area contributed by atoms with Gasteiger partial charge < -0.3 is 10.1 Å². The number of carbonyl (C=O) groups excluding carboxylic acids is 1. The SMILES string of the molecule is COc1ccc([C@H](CNC(=O)[C@@H]2C[C@@H]2C)N2CCCCC2)cc1. The van der Waals surface area contributed by atoms with Crippen molar-refractivity contribution in [3.8, 4) is 5.75 Å². The van der Waals surface area contributed by atoms with Crippen LogP contribution in [0, 0.1) is 11.8 Å². The molecule has 0 spiro atoms. The van der Waals surface area contributed by atoms with Crippen LogP contribution in [0.1, 0.15) is 44.2 Å². The summed E-state index contributed by atoms with van der Waals surface area (Å²) in [5, 5.41) is 3.19. The average molecular weight is 316 g/mol. The highest BCUT2D eigenvalue weighted by molar-refractivity contribution is 5.81. The zero-order chi connectivity index (χ0) is 16.2. The smallest absolute Gasteiger partial charge is 0.223 e. The first-order valence-electron chi connectivity index (χ1n) is 8.84. The number of carbonyl (C=O) groups is 1. The van der Waals surface area contributed by atoms with E-state index in [2.05, 4.69) is 29.3 Å². The number of nitrogens with zero attached hydrogens (tertiary/aromatic N) is 1. The van der Waals surface area contributed by atoms with E-state index in [0.717, 1.165) is 25.3 Å². The number of amides is 1. The third-order valence-electron chi connectivity index (χ3n) is 5.25. The second kappa shape index (κ2) is 7.35. The maximum atomic E-state index is 12.2. The Hall–Kier alpha value is -1.55. The predicted octanol–water partition coefficient (Wildman–Crippen LogP) is 2.99. The summed E-state index contributed by atoms with van der Waals surface area (Å²) in [6.45, 7) is 5.09. The van der Waals surface area contributed by atoms with Crippen molar-refractivity contribution in [3.63, 3.8) is 0 Å². The molecule has 1 aliphatic heterocycles. The number of rotatable bonds is 6. The van der Waals surface area contributed by atoms with E-state index >= 15 is 0 Å². The molecule has 1 saturated heterocycles. The van der Waals surface area contributed by atoms with Crippen LogP contribution < -0.4 is 10.1 Å². The number of piperidine rings is 1. The fraction of sp³-hybridized carbons (Fsp3) is 0.632. The highest BCUT2D eigenvalue weighted by Crippen LogP contribution is 2.37. The number of benzene rings is 1. The van der Waals surface area contributed by atoms with E-state index in [-0.39, 0.29) is 17.9 Å². The lowest BCUT2D eigenvalue weighted by molar-refractivity contribution is -0.122. The van der Waals surface area contributed by atoms with Crippen molar-refractivity contribution in [2.75, 3.05) is 26.7 Å². The van der Waals surface area contributed by atoms with Crippen molar-refractivity contribution in [2.24, 2.45) is 11.8 Å². The minimum Gasteiger partial charge on any atom is -0.497 e. The largest absolute Gasteiger partial charge is 0.497 e. The first-order chi connectivity index (χ1) is 11.2. The summed E-state index contributed by atoms with van der Waals surface area (Å²) in [4.78, 5) is 14.7. The molecule has 1 amide bonds. The van der Waals surface area contributed by atoms with Gasteiger partial charge in [0.15, 0.2) is 0 Å². The molecule has 0 radical (unpaired) electrons. The van der Waals surface area contributed by atoms with Crippen molar-refractivity contribution in [3.05, 3.63) is 29.8 Å². The summed E-state index contributed by atoms with van der Waals surface area (Å²) >= 11 is 0. The summed E-state index contributed by atoms with van der Waals surface area (Å²) < 4.78 is 5.26. The van der Waals surface area contributed by atoms with E-state index in [0.29, 0.717) is 12.5 Å². The molecular formula is C19H28N2O2. The second-order valence-corrected chi connectivity index (χ2v) is 6.95. The van der Waals surface area contributed by atoms with Crippen molar-refractivity contribution in [2.45, 2.75) is 38.6 Å². The van der Waals surface area contributed by atoms with Crippen molar-refractivity contribution >= 4 is 5.91 Å². The molecule has 0 aromatic heterocycles. The maximum Gasteiger partial charge on any atom is 0.223 e. The van der Waals surface area contributed by atoms with Crippen LogP contribution >= 0.6 is 0 Å². The van der Waals surface area contributed by atoms with E-state index in [1.165, 1.54) is 24.8 Å². The lowest BCUT2D eigenvalue weighted by Crippen LogP contribution is -2.41. The molecule has 0 bridgehead atoms. The zero-order valence-corrected chi connectivity index (χ0v) is 14.3. The maximum absolute atomic E-state index is 12.2. The van der Waals surface area contributed by atoms with Crippen LogP contribution in [0.4, 0.5) is 0 Å². The molecule has 3 atom stereocenters. The molecule has 126 valence electrons. The van der Waals surface area contributed by atoms with Gasteiger partial charge in [-0.25, -0.2) is 0 Å². The molecule has 1 saturated carbocycles. The van der Waals surface area contributed by atoms with Gasteiger partial charge >= 0.3 is 0 Å². The lowest BCUT2D eigenvalue weighted by Gasteiger charge is -2.35. The van der Waals surface area contributed by atoms with Gasteiger partial charge in [0.05, 0.1) is 13.2 Å². The van der Waals surface area contributed by atoms with Gasteiger partial charge in [0.2, 0.25) is 5.91 Å². The van der Waals surface area contributed by atoms with Gasteiger partial charge in [0.25, 0.3) is 0 Å². The standard InChI is InChI=1S/C19H28N2O2/c1-14-12-17(14)19(22)20-13-18(21-10-4-3-5-11-21)15-6-8-16(23-2)9-7-15/h6-9,14,17-18H,3-5,10-13H2,1-2H3,(H,20,22)/t14-,17+,18-/m0/s1. The predicted molar refractivity (Wildman–Crippen MR) is 91.4 cm³/mol. The summed E-state index contributed by atoms with van der Waals surface area (Å²) in [5.41, 5.74) is 1.26. The van der Waals surface area contributed by atoms with Crippen LogP contribution in [0.5, 0.6) is 5.75 Å². The first-order valence-corrected chi connectivity index (χ1v) is 8.84. The van der Waals surface area contributed by atoms with Crippen LogP contribution in [0.3, 0.4) is 0 Å². The summed E-state index contributed by atoms with van der Waals surface area (Å²) in [6.07, 6.45) is 4.86. The molecule has 1 aromatic rings. The van der Waals surface area contributed by atoms with Gasteiger partial charge in [0.1, 0.15) is 5.75 Å². The summed E-state index contributed by atoms with van der Waals surface area (Å²) in [7, 11) is 1.69. The van der Waals surface area contributed by atoms with Gasteiger partial charge in [-0.05, 0) is 56.0 Å². The Morgan fingerprint density at radius 2 is 1.91 bits per heavy atom. The molecular weight excluding hydrogens is 288 g/mol. The Labute approximate surface area is 139 Å². The average Bonchev–Trinajstić information content (AvgIpc) is 3.33. The monoisotopic (exact) mass is 316 g/mol. The fourth-order valence-electron chi connectivity index (χ4n) is 3.53. The third-order valence-corrected chi connectivity index (χ3v) is 5.25. The highest BCUT2D eigenvalue weighted by Gasteiger charge is 2.39. The molecule has 2 fully saturated rings. The van der Waals surface area contributed by atoms with E-state index in [1.54, 1.807) is 7.11 Å². The Morgan fingerprint density at radius 3 is 2.48 bits per heavy atom. The molecule has 0 unspecified atom stereocenters. The minimum absolute atomic E-state index is 0.230. The topological polar surface area (TPSA) is 41.6 Å². The Morgan fingerprint density at radius 1 is 1.26 bits per heavy atom. The van der Waals surface area contributed by atoms with Crippen LogP contribution in [0.15, 0.2) is 24.3 Å². The number of hydrogen-bond donors (Lipinski definition) is 1. The van der Waals surface area contributed by atoms with E-state index in [9.17, 15) is 4.79 Å². The number of methoxy groups -OCH3 is 1. The lowest BCUT2D eigenvalue weighted by atomic mass is 10.0. The van der Waals surface area contributed by atoms with E-state index < -0.39 is 0 Å². The third kappa shape index (κ3) is 4.05. The number of hydrogen-bond acceptors (Lipinski definition) is 3. The van der Waals surface area contributed by atoms with Crippen molar-refractivity contribution in [1.82, 2.24) is 10.2 Å². The normalized spacial score (nSPS) is 25.7. The van der Waals surface area contributed by atoms with E-state index in [4.69, 9.17) is 4.74 Å². The van der Waals surface area contributed by atoms with Crippen LogP contribution in [-0.2, 0) is 4.79 Å². The van der Waals surface area contributed by atoms with Gasteiger partial charge in [-0.3, -0.25) is 9.69 Å². The van der Waals surface area contributed by atoms with Crippen LogP contribution in [-0.4, -0.2) is 37.6 Å². The van der Waals surface area contributed by atoms with Crippen LogP contribution in [0.2, 0.25) is 0 Å². The Balaban J connectivity index is 1.68. The van der Waals surface area contributed by atoms with E-state index in [1.807, 2.05) is 12.1 Å². The number of nitrogens with one attached hydrogen (secondary N) is 1. The number of ether oxygens (including phenoxy) is 1. The molecule has 2 aliphatic rings. The van der Waals surface area contributed by atoms with Gasteiger partial charge in [0, 0.05) is 12.5 Å². The quantitative estimate of drug-likeness (QED) is 0.877. The Kier molecular flexibility index (Phi) is 5.21. The van der Waals surface area contributed by atoms with Crippen LogP contribution in [0.25, 0.3) is 0 Å². The molecule has 1 N–H and O–H groups in total. The summed E-state index contributed by atoms with van der Waals surface area (Å²) in [6, 6.07) is 8.54. The van der Waals surface area contributed by atoms with Gasteiger partial charge in [-0.1, -0.05) is 25.5 Å². The zero-order valence-electron chi connectivity index (χ0n) is 14.3. The second-order valence-electron chi connectivity index (χ2n) is 6.95. The molecule has 4 nitrogen and oxygen atoms in total. The van der Waals surface area contributed by atoms with Gasteiger partial charge in [-0.2, -0.15) is 0 Å². The first kappa shape index (κ1) is 16.3. The van der Waals surface area contributed by atoms with Gasteiger partial charge in [-0.15, -0.1) is 0 Å². The molecule has 3 rings (SSSR count). The molecule has 23 heavy (non-hydrogen) atoms. The molecule has 1 aromatic carbocycles.